The van der Waals surface area contributed by atoms with Crippen LogP contribution in [0.25, 0.3) is 33.4 Å². The predicted molar refractivity (Wildman–Crippen MR) is 473 cm³/mol. The minimum atomic E-state index is -0.188. The summed E-state index contributed by atoms with van der Waals surface area (Å²) in [6, 6.07) is 64.8. The predicted octanol–water partition coefficient (Wildman–Crippen LogP) is 17.6. The number of pyridine rings is 3. The van der Waals surface area contributed by atoms with Crippen LogP contribution in [0.5, 0.6) is 34.5 Å². The molecule has 6 atom stereocenters. The van der Waals surface area contributed by atoms with Gasteiger partial charge in [0.2, 0.25) is 0 Å². The van der Waals surface area contributed by atoms with Crippen LogP contribution in [-0.4, -0.2) is 83.5 Å². The van der Waals surface area contributed by atoms with Gasteiger partial charge in [-0.3, -0.25) is 15.0 Å². The van der Waals surface area contributed by atoms with Gasteiger partial charge in [-0.1, -0.05) is 156 Å². The molecule has 15 rings (SSSR count). The Kier molecular flexibility index (Phi) is 31.3. The lowest BCUT2D eigenvalue weighted by atomic mass is 9.93. The van der Waals surface area contributed by atoms with E-state index in [2.05, 4.69) is 91.6 Å². The number of rotatable bonds is 33. The standard InChI is InChI=1S/3C33H32ClN3O4/c1-21(18-38)37-17-26-12-30(34)33(13-32(26)40-20-24-10-23(14-35)15-36-16-24)41-31-9-8-28-27(6-3-7-29(28)31)25-5-2-4-22(11-25)19-39;1-21(18-38)37-17-25-12-30(34)33(13-32(25)40-20-23-11-22(14-35)15-36-16-23)41-31-10-9-28-27(7-4-8-29(28)31)26-6-3-2-5-24(26)19-39;1-21(18-38)37-17-26-12-30(34)33(13-32(26)40-20-24-11-23(14-35)15-36-16-24)41-31-10-9-28-27(3-2-4-29(28)31)25-7-5-22(19-39)6-8-25/h2-7,10-13,15-16,21,31,37-39H,8-9,17-20H2,1H3;2*2-8,11-13,15-16,21,31,37-39H,9-10,17-20H2,1H3/t3*21-,31+/m111/s1. The van der Waals surface area contributed by atoms with E-state index in [4.69, 9.17) is 63.2 Å². The lowest BCUT2D eigenvalue weighted by molar-refractivity contribution is 0.205. The first-order chi connectivity index (χ1) is 60.0. The molecular weight excluding hydrogens is 1610 g/mol. The quantitative estimate of drug-likeness (QED) is 0.0184. The van der Waals surface area contributed by atoms with Crippen molar-refractivity contribution in [2.45, 2.75) is 155 Å². The molecule has 0 saturated heterocycles. The Morgan fingerprint density at radius 2 is 0.724 bits per heavy atom. The van der Waals surface area contributed by atoms with Gasteiger partial charge in [0, 0.05) is 127 Å². The van der Waals surface area contributed by atoms with Gasteiger partial charge in [0.05, 0.1) is 71.4 Å². The molecule has 0 amide bonds. The molecule has 24 heteroatoms. The van der Waals surface area contributed by atoms with Crippen molar-refractivity contribution in [3.63, 3.8) is 0 Å². The zero-order chi connectivity index (χ0) is 86.3. The van der Waals surface area contributed by atoms with E-state index in [0.717, 1.165) is 133 Å². The number of hydrogen-bond donors (Lipinski definition) is 9. The minimum Gasteiger partial charge on any atom is -0.488 e. The van der Waals surface area contributed by atoms with Gasteiger partial charge in [-0.2, -0.15) is 15.8 Å². The Morgan fingerprint density at radius 1 is 0.358 bits per heavy atom. The van der Waals surface area contributed by atoms with Crippen LogP contribution in [0.1, 0.15) is 158 Å². The van der Waals surface area contributed by atoms with Crippen molar-refractivity contribution >= 4 is 34.8 Å². The van der Waals surface area contributed by atoms with Crippen LogP contribution in [0.15, 0.2) is 219 Å². The molecule has 3 heterocycles. The van der Waals surface area contributed by atoms with E-state index in [1.807, 2.05) is 142 Å². The van der Waals surface area contributed by atoms with Crippen LogP contribution in [0, 0.1) is 34.0 Å². The van der Waals surface area contributed by atoms with Crippen LogP contribution < -0.4 is 44.4 Å². The van der Waals surface area contributed by atoms with E-state index in [0.29, 0.717) is 85.9 Å². The van der Waals surface area contributed by atoms with E-state index in [1.165, 1.54) is 40.8 Å². The van der Waals surface area contributed by atoms with Crippen LogP contribution >= 0.6 is 34.8 Å². The monoisotopic (exact) mass is 1710 g/mol. The Bertz CT molecular complexity index is 5800. The minimum absolute atomic E-state index is 0.00218. The van der Waals surface area contributed by atoms with Crippen LogP contribution in [0.4, 0.5) is 0 Å². The fraction of sp³-hybridized carbons (Fsp3) is 0.273. The van der Waals surface area contributed by atoms with Crippen molar-refractivity contribution < 1.29 is 59.1 Å². The molecule has 0 bridgehead atoms. The Balaban J connectivity index is 0.000000159. The number of aromatic nitrogens is 3. The van der Waals surface area contributed by atoms with Crippen LogP contribution in [0.3, 0.4) is 0 Å². The second-order valence-corrected chi connectivity index (χ2v) is 31.8. The number of ether oxygens (including phenoxy) is 6. The van der Waals surface area contributed by atoms with Gasteiger partial charge in [-0.15, -0.1) is 0 Å². The third kappa shape index (κ3) is 22.7. The first-order valence-electron chi connectivity index (χ1n) is 40.8. The average Bonchev–Trinajstić information content (AvgIpc) is 1.66. The largest absolute Gasteiger partial charge is 0.488 e. The zero-order valence-corrected chi connectivity index (χ0v) is 70.7. The number of benzene rings is 9. The average molecular weight is 1710 g/mol. The lowest BCUT2D eigenvalue weighted by Crippen LogP contribution is -2.28. The summed E-state index contributed by atoms with van der Waals surface area (Å²) in [5.41, 5.74) is 22.5. The number of halogens is 3. The zero-order valence-electron chi connectivity index (χ0n) is 68.4. The molecule has 12 aromatic rings. The molecule has 3 aromatic heterocycles. The molecule has 9 aromatic carbocycles. The summed E-state index contributed by atoms with van der Waals surface area (Å²) < 4.78 is 38.2. The molecule has 3 aliphatic carbocycles. The fourth-order valence-electron chi connectivity index (χ4n) is 15.2. The van der Waals surface area contributed by atoms with Crippen molar-refractivity contribution in [2.24, 2.45) is 0 Å². The highest BCUT2D eigenvalue weighted by molar-refractivity contribution is 6.33. The molecule has 9 N–H and O–H groups in total. The van der Waals surface area contributed by atoms with Crippen LogP contribution in [-0.2, 0) is 78.5 Å². The van der Waals surface area contributed by atoms with Gasteiger partial charge in [0.15, 0.2) is 0 Å². The summed E-state index contributed by atoms with van der Waals surface area (Å²) in [5, 5.41) is 96.1. The maximum Gasteiger partial charge on any atom is 0.142 e. The number of nitrogens with zero attached hydrogens (tertiary/aromatic N) is 6. The van der Waals surface area contributed by atoms with Crippen molar-refractivity contribution in [3.8, 4) is 86.1 Å². The number of fused-ring (bicyclic) bond motifs is 3. The molecule has 0 aliphatic heterocycles. The second kappa shape index (κ2) is 43.3. The SMILES string of the molecule is C[C@H](CO)NCc1cc(Cl)c(O[C@H]2CCc3c(-c4ccc(CO)cc4)cccc32)cc1OCc1cncc(C#N)c1.C[C@H](CO)NCc1cc(Cl)c(O[C@H]2CCc3c(-c4cccc(CO)c4)cccc32)cc1OCc1cncc(C#N)c1.C[C@H](CO)NCc1cc(Cl)c(O[C@H]2CCc3c(-c4ccccc4CO)cccc32)cc1OCc1cncc(C#N)c1. The summed E-state index contributed by atoms with van der Waals surface area (Å²) >= 11 is 20.2. The Hall–Kier alpha value is -11.8. The molecule has 21 nitrogen and oxygen atoms in total. The van der Waals surface area contributed by atoms with Crippen molar-refractivity contribution in [1.29, 1.82) is 15.8 Å². The van der Waals surface area contributed by atoms with E-state index in [1.54, 1.807) is 36.8 Å². The number of nitriles is 3. The van der Waals surface area contributed by atoms with Gasteiger partial charge >= 0.3 is 0 Å². The lowest BCUT2D eigenvalue weighted by Gasteiger charge is -2.20. The molecule has 3 aliphatic rings. The maximum absolute atomic E-state index is 9.89. The van der Waals surface area contributed by atoms with Gasteiger partial charge < -0.3 is 75.0 Å². The first-order valence-corrected chi connectivity index (χ1v) is 42.0. The third-order valence-electron chi connectivity index (χ3n) is 21.8. The van der Waals surface area contributed by atoms with Gasteiger partial charge in [-0.25, -0.2) is 0 Å². The highest BCUT2D eigenvalue weighted by Crippen LogP contribution is 2.48. The van der Waals surface area contributed by atoms with E-state index in [9.17, 15) is 46.4 Å². The molecular formula is C99H96Cl3N9O12. The van der Waals surface area contributed by atoms with Crippen LogP contribution in [0.2, 0.25) is 15.1 Å². The molecule has 0 spiro atoms. The number of nitrogens with one attached hydrogen (secondary N) is 3. The fourth-order valence-corrected chi connectivity index (χ4v) is 15.9. The molecule has 630 valence electrons. The summed E-state index contributed by atoms with van der Waals surface area (Å²) in [6.45, 7) is 7.67. The highest BCUT2D eigenvalue weighted by Gasteiger charge is 2.32. The molecule has 0 saturated carbocycles. The van der Waals surface area contributed by atoms with Crippen molar-refractivity contribution in [1.82, 2.24) is 30.9 Å². The van der Waals surface area contributed by atoms with E-state index < -0.39 is 0 Å². The normalized spacial score (nSPS) is 14.8. The summed E-state index contributed by atoms with van der Waals surface area (Å²) in [4.78, 5) is 12.4. The first kappa shape index (κ1) is 89.0. The van der Waals surface area contributed by atoms with Crippen molar-refractivity contribution in [3.05, 3.63) is 334 Å². The Morgan fingerprint density at radius 3 is 1.11 bits per heavy atom. The topological polar surface area (TPSA) is 323 Å². The summed E-state index contributed by atoms with van der Waals surface area (Å²) in [5.74, 6) is 3.35. The summed E-state index contributed by atoms with van der Waals surface area (Å²) in [7, 11) is 0. The Labute approximate surface area is 731 Å². The van der Waals surface area contributed by atoms with E-state index in [-0.39, 0.29) is 95.9 Å². The highest BCUT2D eigenvalue weighted by atomic mass is 35.5. The molecule has 0 radical (unpaired) electrons. The smallest absolute Gasteiger partial charge is 0.142 e. The number of aliphatic hydroxyl groups is 6. The van der Waals surface area contributed by atoms with Gasteiger partial charge in [-0.05, 0) is 185 Å². The maximum atomic E-state index is 9.89. The molecule has 0 unspecified atom stereocenters. The molecule has 123 heavy (non-hydrogen) atoms. The molecule has 0 fully saturated rings. The third-order valence-corrected chi connectivity index (χ3v) is 22.7. The number of hydrogen-bond acceptors (Lipinski definition) is 21. The van der Waals surface area contributed by atoms with Gasteiger partial charge in [0.25, 0.3) is 0 Å². The van der Waals surface area contributed by atoms with E-state index >= 15 is 0 Å². The number of aliphatic hydroxyl groups excluding tert-OH is 6. The van der Waals surface area contributed by atoms with Gasteiger partial charge in [0.1, 0.15) is 90.8 Å². The second-order valence-electron chi connectivity index (χ2n) is 30.6. The summed E-state index contributed by atoms with van der Waals surface area (Å²) in [6.07, 6.45) is 14.0. The van der Waals surface area contributed by atoms with Crippen molar-refractivity contribution in [2.75, 3.05) is 19.8 Å².